The van der Waals surface area contributed by atoms with Gasteiger partial charge < -0.3 is 10.4 Å². The van der Waals surface area contributed by atoms with Crippen molar-refractivity contribution in [1.29, 1.82) is 0 Å². The number of aliphatic hydroxyl groups excluding tert-OH is 1. The van der Waals surface area contributed by atoms with E-state index in [-0.39, 0.29) is 12.6 Å². The van der Waals surface area contributed by atoms with Gasteiger partial charge in [0, 0.05) is 0 Å². The van der Waals surface area contributed by atoms with Crippen LogP contribution in [0.3, 0.4) is 0 Å². The Bertz CT molecular complexity index is 272. The lowest BCUT2D eigenvalue weighted by molar-refractivity contribution is 0.240. The van der Waals surface area contributed by atoms with Crippen LogP contribution in [-0.2, 0) is 6.42 Å². The predicted octanol–water partition coefficient (Wildman–Crippen LogP) is 0.866. The molecule has 12 heavy (non-hydrogen) atoms. The van der Waals surface area contributed by atoms with Gasteiger partial charge in [-0.15, -0.1) is 0 Å². The van der Waals surface area contributed by atoms with Gasteiger partial charge in [0.05, 0.1) is 12.6 Å². The van der Waals surface area contributed by atoms with Crippen molar-refractivity contribution < 1.29 is 5.11 Å². The van der Waals surface area contributed by atoms with E-state index in [1.807, 2.05) is 6.07 Å². The molecule has 2 nitrogen and oxygen atoms in total. The molecule has 0 saturated heterocycles. The maximum Gasteiger partial charge on any atom is 0.0626 e. The fourth-order valence-corrected chi connectivity index (χ4v) is 1.76. The lowest BCUT2D eigenvalue weighted by Crippen LogP contribution is -2.31. The molecule has 1 atom stereocenters. The van der Waals surface area contributed by atoms with Crippen LogP contribution in [0.25, 0.3) is 0 Å². The van der Waals surface area contributed by atoms with E-state index < -0.39 is 0 Å². The van der Waals surface area contributed by atoms with Gasteiger partial charge in [0.15, 0.2) is 0 Å². The van der Waals surface area contributed by atoms with Crippen molar-refractivity contribution in [3.05, 3.63) is 35.4 Å². The molecule has 0 aliphatic carbocycles. The molecule has 1 aromatic rings. The van der Waals surface area contributed by atoms with Crippen molar-refractivity contribution in [3.63, 3.8) is 0 Å². The molecule has 0 amide bonds. The van der Waals surface area contributed by atoms with Gasteiger partial charge in [-0.2, -0.15) is 0 Å². The highest BCUT2D eigenvalue weighted by Crippen LogP contribution is 2.21. The van der Waals surface area contributed by atoms with E-state index in [1.165, 1.54) is 11.1 Å². The van der Waals surface area contributed by atoms with E-state index in [1.54, 1.807) is 0 Å². The largest absolute Gasteiger partial charge is 0.394 e. The topological polar surface area (TPSA) is 32.3 Å². The zero-order valence-corrected chi connectivity index (χ0v) is 6.96. The Morgan fingerprint density at radius 3 is 3.08 bits per heavy atom. The molecule has 0 fully saturated rings. The van der Waals surface area contributed by atoms with Crippen LogP contribution in [0.2, 0.25) is 0 Å². The van der Waals surface area contributed by atoms with Gasteiger partial charge in [-0.25, -0.2) is 0 Å². The van der Waals surface area contributed by atoms with Gasteiger partial charge in [0.2, 0.25) is 0 Å². The second-order valence-corrected chi connectivity index (χ2v) is 3.14. The van der Waals surface area contributed by atoms with Gasteiger partial charge in [-0.05, 0) is 24.1 Å². The van der Waals surface area contributed by atoms with Gasteiger partial charge in [0.1, 0.15) is 0 Å². The van der Waals surface area contributed by atoms with E-state index in [4.69, 9.17) is 5.11 Å². The summed E-state index contributed by atoms with van der Waals surface area (Å²) in [7, 11) is 0. The minimum Gasteiger partial charge on any atom is -0.394 e. The molecular formula is C10H13NO. The molecule has 0 saturated carbocycles. The first-order valence-corrected chi connectivity index (χ1v) is 4.34. The maximum atomic E-state index is 9.08. The maximum absolute atomic E-state index is 9.08. The molecule has 2 heteroatoms. The number of fused-ring (bicyclic) bond motifs is 1. The summed E-state index contributed by atoms with van der Waals surface area (Å²) in [5.74, 6) is 0. The molecular weight excluding hydrogens is 150 g/mol. The van der Waals surface area contributed by atoms with Crippen molar-refractivity contribution in [2.45, 2.75) is 12.5 Å². The molecule has 1 aliphatic rings. The molecule has 1 aromatic carbocycles. The predicted molar refractivity (Wildman–Crippen MR) is 48.0 cm³/mol. The minimum absolute atomic E-state index is 0.148. The van der Waals surface area contributed by atoms with Crippen molar-refractivity contribution in [1.82, 2.24) is 5.32 Å². The van der Waals surface area contributed by atoms with Gasteiger partial charge >= 0.3 is 0 Å². The summed E-state index contributed by atoms with van der Waals surface area (Å²) in [5, 5.41) is 12.4. The molecule has 0 radical (unpaired) electrons. The molecule has 0 unspecified atom stereocenters. The van der Waals surface area contributed by atoms with Crippen LogP contribution in [-0.4, -0.2) is 18.3 Å². The lowest BCUT2D eigenvalue weighted by Gasteiger charge is -2.24. The number of nitrogens with one attached hydrogen (secondary N) is 1. The van der Waals surface area contributed by atoms with E-state index >= 15 is 0 Å². The Labute approximate surface area is 72.2 Å². The summed E-state index contributed by atoms with van der Waals surface area (Å²) < 4.78 is 0. The summed E-state index contributed by atoms with van der Waals surface area (Å²) >= 11 is 0. The summed E-state index contributed by atoms with van der Waals surface area (Å²) in [6.45, 7) is 1.17. The van der Waals surface area contributed by atoms with E-state index in [9.17, 15) is 0 Å². The molecule has 0 bridgehead atoms. The summed E-state index contributed by atoms with van der Waals surface area (Å²) in [4.78, 5) is 0. The van der Waals surface area contributed by atoms with Gasteiger partial charge in [-0.3, -0.25) is 0 Å². The van der Waals surface area contributed by atoms with Crippen molar-refractivity contribution in [2.75, 3.05) is 13.2 Å². The standard InChI is InChI=1S/C10H13NO/c12-7-10-9-4-2-1-3-8(9)5-6-11-10/h1-4,10-12H,5-7H2/t10-/m1/s1. The van der Waals surface area contributed by atoms with Crippen LogP contribution in [0.15, 0.2) is 24.3 Å². The SMILES string of the molecule is OC[C@H]1NCCc2ccccc21. The van der Waals surface area contributed by atoms with E-state index in [0.717, 1.165) is 13.0 Å². The zero-order chi connectivity index (χ0) is 8.39. The van der Waals surface area contributed by atoms with E-state index in [0.29, 0.717) is 0 Å². The monoisotopic (exact) mass is 163 g/mol. The van der Waals surface area contributed by atoms with Crippen LogP contribution < -0.4 is 5.32 Å². The molecule has 1 aliphatic heterocycles. The first-order valence-electron chi connectivity index (χ1n) is 4.34. The smallest absolute Gasteiger partial charge is 0.0626 e. The van der Waals surface area contributed by atoms with Crippen molar-refractivity contribution in [3.8, 4) is 0 Å². The molecule has 1 heterocycles. The summed E-state index contributed by atoms with van der Waals surface area (Å²) in [5.41, 5.74) is 2.63. The second-order valence-electron chi connectivity index (χ2n) is 3.14. The lowest BCUT2D eigenvalue weighted by atomic mass is 9.95. The zero-order valence-electron chi connectivity index (χ0n) is 6.96. The van der Waals surface area contributed by atoms with Crippen LogP contribution in [0.1, 0.15) is 17.2 Å². The Morgan fingerprint density at radius 1 is 1.42 bits per heavy atom. The fraction of sp³-hybridized carbons (Fsp3) is 0.400. The third-order valence-electron chi connectivity index (χ3n) is 2.40. The van der Waals surface area contributed by atoms with Crippen LogP contribution >= 0.6 is 0 Å². The quantitative estimate of drug-likeness (QED) is 0.643. The average Bonchev–Trinajstić information content (AvgIpc) is 2.17. The van der Waals surface area contributed by atoms with Crippen molar-refractivity contribution >= 4 is 0 Å². The fourth-order valence-electron chi connectivity index (χ4n) is 1.76. The highest BCUT2D eigenvalue weighted by atomic mass is 16.3. The number of rotatable bonds is 1. The summed E-state index contributed by atoms with van der Waals surface area (Å²) in [6.07, 6.45) is 1.08. The summed E-state index contributed by atoms with van der Waals surface area (Å²) in [6, 6.07) is 8.45. The second kappa shape index (κ2) is 3.25. The normalized spacial score (nSPS) is 21.9. The van der Waals surface area contributed by atoms with Gasteiger partial charge in [0.25, 0.3) is 0 Å². The highest BCUT2D eigenvalue weighted by molar-refractivity contribution is 5.32. The van der Waals surface area contributed by atoms with Crippen LogP contribution in [0.5, 0.6) is 0 Å². The first kappa shape index (κ1) is 7.77. The minimum atomic E-state index is 0.148. The highest BCUT2D eigenvalue weighted by Gasteiger charge is 2.17. The molecule has 64 valence electrons. The number of benzene rings is 1. The van der Waals surface area contributed by atoms with Crippen LogP contribution in [0, 0.1) is 0 Å². The number of hydrogen-bond acceptors (Lipinski definition) is 2. The Hall–Kier alpha value is -0.860. The molecule has 2 N–H and O–H groups in total. The Kier molecular flexibility index (Phi) is 2.11. The molecule has 0 aromatic heterocycles. The van der Waals surface area contributed by atoms with Crippen LogP contribution in [0.4, 0.5) is 0 Å². The number of aliphatic hydroxyl groups is 1. The van der Waals surface area contributed by atoms with Crippen molar-refractivity contribution in [2.24, 2.45) is 0 Å². The first-order chi connectivity index (χ1) is 5.92. The molecule has 2 rings (SSSR count). The third-order valence-corrected chi connectivity index (χ3v) is 2.40. The number of hydrogen-bond donors (Lipinski definition) is 2. The Morgan fingerprint density at radius 2 is 2.25 bits per heavy atom. The molecule has 0 spiro atoms. The average molecular weight is 163 g/mol. The van der Waals surface area contributed by atoms with Gasteiger partial charge in [-0.1, -0.05) is 24.3 Å². The third kappa shape index (κ3) is 1.24. The van der Waals surface area contributed by atoms with E-state index in [2.05, 4.69) is 23.5 Å². The Balaban J connectivity index is 2.37.